The normalized spacial score (nSPS) is 14.2. The first kappa shape index (κ1) is 66.7. The third kappa shape index (κ3) is 52.5. The van der Waals surface area contributed by atoms with Gasteiger partial charge in [0.2, 0.25) is 5.91 Å². The molecular weight excluding hydrogens is 864 g/mol. The number of hydrogen-bond acceptors (Lipinski definition) is 6. The van der Waals surface area contributed by atoms with Crippen LogP contribution in [-0.4, -0.2) is 68.5 Å². The molecule has 3 atom stereocenters. The summed E-state index contributed by atoms with van der Waals surface area (Å²) < 4.78 is 23.3. The fourth-order valence-electron chi connectivity index (χ4n) is 8.70. The minimum absolute atomic E-state index is 0.00585. The van der Waals surface area contributed by atoms with E-state index in [1.807, 2.05) is 27.2 Å². The van der Waals surface area contributed by atoms with Crippen molar-refractivity contribution in [3.05, 3.63) is 36.5 Å². The number of phosphoric acid groups is 1. The molecule has 0 radical (unpaired) electrons. The molecule has 1 amide bonds. The van der Waals surface area contributed by atoms with Gasteiger partial charge in [0, 0.05) is 6.42 Å². The fourth-order valence-corrected chi connectivity index (χ4v) is 9.42. The van der Waals surface area contributed by atoms with Crippen molar-refractivity contribution in [3.8, 4) is 0 Å². The molecular formula is C59H115N2O6P. The molecule has 0 bridgehead atoms. The Hall–Kier alpha value is -1.28. The minimum atomic E-state index is -4.60. The third-order valence-electron chi connectivity index (χ3n) is 13.3. The van der Waals surface area contributed by atoms with Gasteiger partial charge in [0.15, 0.2) is 0 Å². The van der Waals surface area contributed by atoms with Gasteiger partial charge in [-0.05, 0) is 57.8 Å². The molecule has 0 aromatic heterocycles. The van der Waals surface area contributed by atoms with E-state index in [-0.39, 0.29) is 12.5 Å². The van der Waals surface area contributed by atoms with Crippen LogP contribution in [0.2, 0.25) is 0 Å². The Labute approximate surface area is 423 Å². The number of phosphoric ester groups is 1. The van der Waals surface area contributed by atoms with Crippen LogP contribution in [-0.2, 0) is 18.4 Å². The molecule has 8 nitrogen and oxygen atoms in total. The van der Waals surface area contributed by atoms with Crippen molar-refractivity contribution in [2.75, 3.05) is 40.9 Å². The summed E-state index contributed by atoms with van der Waals surface area (Å²) in [6, 6.07) is -0.904. The van der Waals surface area contributed by atoms with Gasteiger partial charge in [-0.1, -0.05) is 256 Å². The summed E-state index contributed by atoms with van der Waals surface area (Å²) >= 11 is 0. The largest absolute Gasteiger partial charge is 0.756 e. The van der Waals surface area contributed by atoms with Crippen LogP contribution < -0.4 is 10.2 Å². The Morgan fingerprint density at radius 1 is 0.500 bits per heavy atom. The summed E-state index contributed by atoms with van der Waals surface area (Å²) in [4.78, 5) is 25.5. The molecule has 402 valence electrons. The number of carbonyl (C=O) groups is 1. The van der Waals surface area contributed by atoms with Crippen LogP contribution in [0.25, 0.3) is 0 Å². The lowest BCUT2D eigenvalue weighted by atomic mass is 10.0. The smallest absolute Gasteiger partial charge is 0.268 e. The highest BCUT2D eigenvalue weighted by Gasteiger charge is 2.23. The molecule has 0 aromatic rings. The topological polar surface area (TPSA) is 108 Å². The lowest BCUT2D eigenvalue weighted by molar-refractivity contribution is -0.870. The lowest BCUT2D eigenvalue weighted by Crippen LogP contribution is -2.45. The standard InChI is InChI=1S/C59H115N2O6P/c1-6-8-10-12-14-16-18-20-22-24-26-28-29-30-31-32-33-35-37-39-41-43-45-47-49-51-53-59(63)60-57(56-67-68(64,65)66-55-54-61(3,4)5)58(62)52-50-48-46-44-42-40-38-36-34-27-25-23-21-19-17-15-13-11-9-7-2/h30-31,42,44,50,52,57-58,62H,6-29,32-41,43,45-49,51,53-56H2,1-5H3,(H-,60,63,64,65)/b31-30-,44-42+,52-50+. The van der Waals surface area contributed by atoms with Crippen molar-refractivity contribution in [3.63, 3.8) is 0 Å². The van der Waals surface area contributed by atoms with Crippen LogP contribution in [0.4, 0.5) is 0 Å². The second kappa shape index (κ2) is 50.7. The second-order valence-electron chi connectivity index (χ2n) is 21.3. The van der Waals surface area contributed by atoms with Gasteiger partial charge >= 0.3 is 0 Å². The van der Waals surface area contributed by atoms with Gasteiger partial charge in [0.1, 0.15) is 13.2 Å². The molecule has 0 fully saturated rings. The molecule has 0 saturated heterocycles. The number of nitrogens with one attached hydrogen (secondary N) is 1. The molecule has 0 heterocycles. The van der Waals surface area contributed by atoms with E-state index in [0.717, 1.165) is 38.5 Å². The highest BCUT2D eigenvalue weighted by molar-refractivity contribution is 7.45. The van der Waals surface area contributed by atoms with E-state index in [1.165, 1.54) is 225 Å². The molecule has 0 spiro atoms. The molecule has 0 aliphatic carbocycles. The van der Waals surface area contributed by atoms with Crippen molar-refractivity contribution in [2.24, 2.45) is 0 Å². The number of rotatable bonds is 54. The predicted octanol–water partition coefficient (Wildman–Crippen LogP) is 17.1. The Bertz CT molecular complexity index is 1200. The van der Waals surface area contributed by atoms with Crippen LogP contribution in [0.1, 0.15) is 284 Å². The zero-order valence-electron chi connectivity index (χ0n) is 45.8. The highest BCUT2D eigenvalue weighted by atomic mass is 31.2. The average Bonchev–Trinajstić information content (AvgIpc) is 3.30. The first-order valence-electron chi connectivity index (χ1n) is 29.4. The number of aliphatic hydroxyl groups is 1. The predicted molar refractivity (Wildman–Crippen MR) is 293 cm³/mol. The third-order valence-corrected chi connectivity index (χ3v) is 14.3. The number of unbranched alkanes of at least 4 members (excludes halogenated alkanes) is 37. The van der Waals surface area contributed by atoms with E-state index in [4.69, 9.17) is 9.05 Å². The summed E-state index contributed by atoms with van der Waals surface area (Å²) in [7, 11) is 1.25. The number of hydrogen-bond donors (Lipinski definition) is 2. The monoisotopic (exact) mass is 979 g/mol. The highest BCUT2D eigenvalue weighted by Crippen LogP contribution is 2.38. The van der Waals surface area contributed by atoms with Gasteiger partial charge in [0.25, 0.3) is 7.82 Å². The van der Waals surface area contributed by atoms with E-state index in [9.17, 15) is 19.4 Å². The number of allylic oxidation sites excluding steroid dienone is 5. The quantitative estimate of drug-likeness (QED) is 0.0272. The summed E-state index contributed by atoms with van der Waals surface area (Å²) in [5, 5.41) is 13.9. The van der Waals surface area contributed by atoms with E-state index in [0.29, 0.717) is 17.4 Å². The maximum atomic E-state index is 13.0. The molecule has 68 heavy (non-hydrogen) atoms. The van der Waals surface area contributed by atoms with Crippen molar-refractivity contribution in [1.82, 2.24) is 5.32 Å². The Morgan fingerprint density at radius 2 is 0.824 bits per heavy atom. The number of quaternary nitrogens is 1. The molecule has 2 N–H and O–H groups in total. The van der Waals surface area contributed by atoms with Crippen LogP contribution in [0.5, 0.6) is 0 Å². The van der Waals surface area contributed by atoms with E-state index < -0.39 is 26.6 Å². The summed E-state index contributed by atoms with van der Waals surface area (Å²) in [5.41, 5.74) is 0. The maximum absolute atomic E-state index is 13.0. The van der Waals surface area contributed by atoms with Crippen molar-refractivity contribution < 1.29 is 32.9 Å². The summed E-state index contributed by atoms with van der Waals surface area (Å²) in [6.07, 6.45) is 65.1. The Kier molecular flexibility index (Phi) is 49.7. The van der Waals surface area contributed by atoms with Crippen molar-refractivity contribution in [2.45, 2.75) is 296 Å². The summed E-state index contributed by atoms with van der Waals surface area (Å²) in [6.45, 7) is 4.66. The Morgan fingerprint density at radius 3 is 1.19 bits per heavy atom. The van der Waals surface area contributed by atoms with Crippen LogP contribution in [0.15, 0.2) is 36.5 Å². The van der Waals surface area contributed by atoms with Gasteiger partial charge < -0.3 is 28.8 Å². The minimum Gasteiger partial charge on any atom is -0.756 e. The number of likely N-dealkylation sites (N-methyl/N-ethyl adjacent to an activating group) is 1. The van der Waals surface area contributed by atoms with Crippen LogP contribution in [0, 0.1) is 0 Å². The first-order chi connectivity index (χ1) is 33.0. The molecule has 0 rings (SSSR count). The number of nitrogens with zero attached hydrogens (tertiary/aromatic N) is 1. The van der Waals surface area contributed by atoms with Gasteiger partial charge in [-0.15, -0.1) is 0 Å². The summed E-state index contributed by atoms with van der Waals surface area (Å²) in [5.74, 6) is -0.205. The number of carbonyl (C=O) groups excluding carboxylic acids is 1. The van der Waals surface area contributed by atoms with Gasteiger partial charge in [0.05, 0.1) is 39.9 Å². The van der Waals surface area contributed by atoms with Gasteiger partial charge in [-0.2, -0.15) is 0 Å². The fraction of sp³-hybridized carbons (Fsp3) is 0.881. The number of amides is 1. The second-order valence-corrected chi connectivity index (χ2v) is 22.8. The Balaban J connectivity index is 4.21. The number of aliphatic hydroxyl groups excluding tert-OH is 1. The van der Waals surface area contributed by atoms with E-state index >= 15 is 0 Å². The average molecular weight is 980 g/mol. The zero-order chi connectivity index (χ0) is 49.9. The molecule has 9 heteroatoms. The zero-order valence-corrected chi connectivity index (χ0v) is 46.7. The molecule has 0 aliphatic heterocycles. The van der Waals surface area contributed by atoms with Gasteiger partial charge in [-0.25, -0.2) is 0 Å². The van der Waals surface area contributed by atoms with Crippen LogP contribution in [0.3, 0.4) is 0 Å². The van der Waals surface area contributed by atoms with Crippen LogP contribution >= 0.6 is 7.82 Å². The van der Waals surface area contributed by atoms with E-state index in [2.05, 4.69) is 43.5 Å². The lowest BCUT2D eigenvalue weighted by Gasteiger charge is -2.29. The SMILES string of the molecule is CCCCCCCCCCCCCC/C=C\CCCCCCCCCCCCC(=O)NC(COP(=O)([O-])OCC[N+](C)(C)C)C(O)/C=C/CC/C=C/CCCCCCCCCCCCCCCC. The first-order valence-corrected chi connectivity index (χ1v) is 30.8. The van der Waals surface area contributed by atoms with Gasteiger partial charge in [-0.3, -0.25) is 9.36 Å². The maximum Gasteiger partial charge on any atom is 0.268 e. The molecule has 0 aromatic carbocycles. The molecule has 0 aliphatic rings. The van der Waals surface area contributed by atoms with Crippen molar-refractivity contribution in [1.29, 1.82) is 0 Å². The van der Waals surface area contributed by atoms with E-state index in [1.54, 1.807) is 6.08 Å². The van der Waals surface area contributed by atoms with Crippen molar-refractivity contribution >= 4 is 13.7 Å². The molecule has 0 saturated carbocycles. The molecule has 3 unspecified atom stereocenters.